The van der Waals surface area contributed by atoms with Crippen molar-refractivity contribution in [1.82, 2.24) is 15.1 Å². The number of hydrogen-bond donors (Lipinski definition) is 2. The molecule has 1 saturated heterocycles. The summed E-state index contributed by atoms with van der Waals surface area (Å²) in [5, 5.41) is 19.4. The van der Waals surface area contributed by atoms with Gasteiger partial charge < -0.3 is 10.2 Å². The average Bonchev–Trinajstić information content (AvgIpc) is 3.55. The van der Waals surface area contributed by atoms with Crippen LogP contribution in [0.15, 0.2) is 47.5 Å². The number of fused-ring (bicyclic) bond motifs is 1. The summed E-state index contributed by atoms with van der Waals surface area (Å²) >= 11 is 0. The number of H-pyrrole nitrogens is 1. The van der Waals surface area contributed by atoms with Gasteiger partial charge in [-0.25, -0.2) is 21.6 Å². The Morgan fingerprint density at radius 2 is 1.80 bits per heavy atom. The van der Waals surface area contributed by atoms with Crippen molar-refractivity contribution in [3.63, 3.8) is 0 Å². The second-order valence-corrected chi connectivity index (χ2v) is 12.5. The van der Waals surface area contributed by atoms with E-state index in [0.29, 0.717) is 16.5 Å². The third-order valence-corrected chi connectivity index (χ3v) is 9.02. The highest BCUT2D eigenvalue weighted by molar-refractivity contribution is 7.90. The number of amides is 2. The van der Waals surface area contributed by atoms with Crippen LogP contribution in [0.5, 0.6) is 0 Å². The Kier molecular flexibility index (Phi) is 6.86. The largest absolute Gasteiger partial charge is 0.327 e. The summed E-state index contributed by atoms with van der Waals surface area (Å²) in [4.78, 5) is 28.6. The Labute approximate surface area is 228 Å². The van der Waals surface area contributed by atoms with E-state index in [4.69, 9.17) is 0 Å². The van der Waals surface area contributed by atoms with E-state index in [1.54, 1.807) is 6.07 Å². The molecule has 0 unspecified atom stereocenters. The van der Waals surface area contributed by atoms with E-state index in [1.165, 1.54) is 36.5 Å². The van der Waals surface area contributed by atoms with Gasteiger partial charge >= 0.3 is 0 Å². The van der Waals surface area contributed by atoms with Crippen molar-refractivity contribution in [2.24, 2.45) is 0 Å². The first-order chi connectivity index (χ1) is 18.8. The van der Waals surface area contributed by atoms with Crippen LogP contribution in [0.2, 0.25) is 0 Å². The number of rotatable bonds is 5. The Bertz CT molecular complexity index is 1620. The summed E-state index contributed by atoms with van der Waals surface area (Å²) in [6, 6.07) is 9.37. The van der Waals surface area contributed by atoms with E-state index >= 15 is 0 Å². The van der Waals surface area contributed by atoms with E-state index in [0.717, 1.165) is 11.2 Å². The highest BCUT2D eigenvalue weighted by Gasteiger charge is 2.53. The van der Waals surface area contributed by atoms with Crippen molar-refractivity contribution >= 4 is 38.2 Å². The van der Waals surface area contributed by atoms with Gasteiger partial charge in [0.25, 0.3) is 0 Å². The highest BCUT2D eigenvalue weighted by Crippen LogP contribution is 2.47. The molecule has 13 heteroatoms. The van der Waals surface area contributed by atoms with Gasteiger partial charge in [0.05, 0.1) is 39.8 Å². The molecule has 1 saturated carbocycles. The lowest BCUT2D eigenvalue weighted by Crippen LogP contribution is -2.54. The Balaban J connectivity index is 1.48. The summed E-state index contributed by atoms with van der Waals surface area (Å²) in [6.07, 6.45) is -1.05. The van der Waals surface area contributed by atoms with Crippen LogP contribution in [-0.2, 0) is 24.8 Å². The monoisotopic (exact) mass is 573 g/mol. The van der Waals surface area contributed by atoms with Gasteiger partial charge in [0, 0.05) is 30.9 Å². The van der Waals surface area contributed by atoms with E-state index in [-0.39, 0.29) is 35.4 Å². The number of carbonyl (C=O) groups excluding carboxylic acids is 2. The molecule has 2 amide bonds. The average molecular weight is 574 g/mol. The Hall–Kier alpha value is -3.92. The lowest BCUT2D eigenvalue weighted by Gasteiger charge is -2.42. The zero-order valence-electron chi connectivity index (χ0n) is 21.5. The second kappa shape index (κ2) is 9.92. The van der Waals surface area contributed by atoms with Gasteiger partial charge in [-0.05, 0) is 42.7 Å². The van der Waals surface area contributed by atoms with Crippen LogP contribution in [0, 0.1) is 11.3 Å². The first-order valence-electron chi connectivity index (χ1n) is 12.7. The molecule has 2 aliphatic rings. The van der Waals surface area contributed by atoms with E-state index in [1.807, 2.05) is 6.07 Å². The van der Waals surface area contributed by atoms with Crippen molar-refractivity contribution in [1.29, 1.82) is 5.26 Å². The maximum absolute atomic E-state index is 14.8. The number of hydrogen-bond acceptors (Lipinski definition) is 6. The second-order valence-electron chi connectivity index (χ2n) is 10.5. The Morgan fingerprint density at radius 1 is 1.12 bits per heavy atom. The van der Waals surface area contributed by atoms with Gasteiger partial charge in [0.15, 0.2) is 9.84 Å². The number of nitrogens with one attached hydrogen (secondary N) is 2. The number of aromatic nitrogens is 2. The summed E-state index contributed by atoms with van der Waals surface area (Å²) in [7, 11) is -3.54. The third-order valence-electron chi connectivity index (χ3n) is 7.89. The molecule has 1 aliphatic heterocycles. The number of nitrogens with zero attached hydrogens (tertiary/aromatic N) is 3. The molecule has 3 aromatic rings. The first-order valence-corrected chi connectivity index (χ1v) is 14.5. The van der Waals surface area contributed by atoms with Gasteiger partial charge in [-0.2, -0.15) is 10.4 Å². The maximum atomic E-state index is 14.8. The van der Waals surface area contributed by atoms with Crippen LogP contribution < -0.4 is 5.32 Å². The molecule has 210 valence electrons. The van der Waals surface area contributed by atoms with Gasteiger partial charge in [0.2, 0.25) is 17.7 Å². The van der Waals surface area contributed by atoms with Crippen molar-refractivity contribution in [2.45, 2.75) is 60.6 Å². The van der Waals surface area contributed by atoms with Crippen LogP contribution in [0.1, 0.15) is 43.2 Å². The molecule has 2 fully saturated rings. The van der Waals surface area contributed by atoms with Crippen LogP contribution in [0.4, 0.5) is 18.9 Å². The molecular formula is C27H26F3N5O4S. The smallest absolute Gasteiger partial charge is 0.248 e. The van der Waals surface area contributed by atoms with Crippen LogP contribution in [-0.4, -0.2) is 66.3 Å². The number of sulfone groups is 1. The third kappa shape index (κ3) is 4.92. The lowest BCUT2D eigenvalue weighted by molar-refractivity contribution is -0.146. The normalized spacial score (nSPS) is 22.1. The molecular weight excluding hydrogens is 547 g/mol. The van der Waals surface area contributed by atoms with E-state index in [9.17, 15) is 36.4 Å². The van der Waals surface area contributed by atoms with Crippen LogP contribution in [0.25, 0.3) is 10.9 Å². The zero-order valence-corrected chi connectivity index (χ0v) is 22.3. The number of alkyl halides is 3. The predicted octanol–water partition coefficient (Wildman–Crippen LogP) is 3.86. The lowest BCUT2D eigenvalue weighted by atomic mass is 9.67. The number of halogens is 3. The van der Waals surface area contributed by atoms with Gasteiger partial charge in [-0.1, -0.05) is 12.1 Å². The zero-order chi connectivity index (χ0) is 28.9. The molecule has 0 bridgehead atoms. The molecule has 9 nitrogen and oxygen atoms in total. The standard InChI is InChI=1S/C27H26F3N5O4S/c1-40(38,39)18-4-2-16(3-5-18)26(8-10-27(29,30)11-9-26)25(37)35-15-17(28)12-23(35)24(36)33-21-6-7-22-20(14-32-34-22)19(21)13-31/h2-7,14,17,23H,8-12,15H2,1H3,(H,32,34)(H,33,36)/t17-,23-/m1/s1. The van der Waals surface area contributed by atoms with E-state index in [2.05, 4.69) is 15.5 Å². The fourth-order valence-electron chi connectivity index (χ4n) is 5.68. The molecule has 2 heterocycles. The topological polar surface area (TPSA) is 136 Å². The fraction of sp³-hybridized carbons (Fsp3) is 0.407. The molecule has 5 rings (SSSR count). The minimum absolute atomic E-state index is 0.00475. The minimum atomic E-state index is -3.54. The number of nitriles is 1. The van der Waals surface area contributed by atoms with Crippen LogP contribution >= 0.6 is 0 Å². The van der Waals surface area contributed by atoms with Crippen LogP contribution in [0.3, 0.4) is 0 Å². The molecule has 2 atom stereocenters. The predicted molar refractivity (Wildman–Crippen MR) is 139 cm³/mol. The maximum Gasteiger partial charge on any atom is 0.248 e. The van der Waals surface area contributed by atoms with E-state index < -0.39 is 64.6 Å². The van der Waals surface area contributed by atoms with Crippen molar-refractivity contribution in [2.75, 3.05) is 18.1 Å². The summed E-state index contributed by atoms with van der Waals surface area (Å²) < 4.78 is 67.1. The van der Waals surface area contributed by atoms with Crippen molar-refractivity contribution < 1.29 is 31.2 Å². The number of anilines is 1. The number of likely N-dealkylation sites (tertiary alicyclic amines) is 1. The Morgan fingerprint density at radius 3 is 2.42 bits per heavy atom. The summed E-state index contributed by atoms with van der Waals surface area (Å²) in [5.41, 5.74) is -0.273. The minimum Gasteiger partial charge on any atom is -0.327 e. The molecule has 1 aliphatic carbocycles. The summed E-state index contributed by atoms with van der Waals surface area (Å²) in [5.74, 6) is -4.36. The molecule has 1 aromatic heterocycles. The summed E-state index contributed by atoms with van der Waals surface area (Å²) in [6.45, 7) is -0.400. The van der Waals surface area contributed by atoms with Gasteiger partial charge in [-0.3, -0.25) is 14.7 Å². The highest BCUT2D eigenvalue weighted by atomic mass is 32.2. The SMILES string of the molecule is CS(=O)(=O)c1ccc(C2(C(=O)N3C[C@H](F)C[C@@H]3C(=O)Nc3ccc4[nH]ncc4c3C#N)CCC(F)(F)CC2)cc1. The molecule has 0 radical (unpaired) electrons. The molecule has 40 heavy (non-hydrogen) atoms. The fourth-order valence-corrected chi connectivity index (χ4v) is 6.31. The number of benzene rings is 2. The van der Waals surface area contributed by atoms with Crippen molar-refractivity contribution in [3.05, 3.63) is 53.7 Å². The quantitative estimate of drug-likeness (QED) is 0.476. The molecule has 2 aromatic carbocycles. The number of carbonyl (C=O) groups is 2. The molecule has 2 N–H and O–H groups in total. The van der Waals surface area contributed by atoms with Crippen molar-refractivity contribution in [3.8, 4) is 6.07 Å². The first kappa shape index (κ1) is 27.6. The van der Waals surface area contributed by atoms with Gasteiger partial charge in [0.1, 0.15) is 18.3 Å². The number of aromatic amines is 1. The van der Waals surface area contributed by atoms with Gasteiger partial charge in [-0.15, -0.1) is 0 Å². The molecule has 0 spiro atoms.